The summed E-state index contributed by atoms with van der Waals surface area (Å²) in [7, 11) is 3.51. The van der Waals surface area contributed by atoms with Crippen molar-refractivity contribution in [3.63, 3.8) is 0 Å². The largest absolute Gasteiger partial charge is 0.480 e. The quantitative estimate of drug-likeness (QED) is 0.162. The molecule has 3 atom stereocenters. The monoisotopic (exact) mass is 869 g/mol. The fraction of sp³-hybridized carbons (Fsp3) is 0.500. The van der Waals surface area contributed by atoms with Crippen LogP contribution in [0.1, 0.15) is 57.1 Å². The lowest BCUT2D eigenvalue weighted by Gasteiger charge is -2.43. The minimum Gasteiger partial charge on any atom is -0.480 e. The van der Waals surface area contributed by atoms with Gasteiger partial charge in [0.15, 0.2) is 12.4 Å². The molecule has 2 unspecified atom stereocenters. The summed E-state index contributed by atoms with van der Waals surface area (Å²) in [6, 6.07) is 11.0. The Balaban J connectivity index is 0.776. The Morgan fingerprint density at radius 2 is 1.69 bits per heavy atom. The second-order valence-electron chi connectivity index (χ2n) is 17.6. The number of rotatable bonds is 8. The maximum Gasteiger partial charge on any atom is 0.301 e. The van der Waals surface area contributed by atoms with Crippen molar-refractivity contribution in [2.45, 2.75) is 69.4 Å². The molecular formula is C44H50ClF2N11O4. The molecule has 326 valence electrons. The first kappa shape index (κ1) is 40.5. The lowest BCUT2D eigenvalue weighted by Crippen LogP contribution is -2.53. The van der Waals surface area contributed by atoms with Crippen LogP contribution in [0.3, 0.4) is 0 Å². The van der Waals surface area contributed by atoms with Crippen LogP contribution < -0.4 is 36.0 Å². The van der Waals surface area contributed by atoms with Gasteiger partial charge in [0.2, 0.25) is 23.5 Å². The van der Waals surface area contributed by atoms with Crippen LogP contribution in [0.2, 0.25) is 5.02 Å². The number of imide groups is 1. The number of fused-ring (bicyclic) bond motifs is 4. The van der Waals surface area contributed by atoms with Gasteiger partial charge in [0, 0.05) is 88.0 Å². The Labute approximate surface area is 361 Å². The van der Waals surface area contributed by atoms with Gasteiger partial charge in [-0.25, -0.2) is 13.8 Å². The highest BCUT2D eigenvalue weighted by atomic mass is 35.5. The number of carbonyl (C=O) groups is 2. The number of benzene rings is 2. The maximum absolute atomic E-state index is 15.2. The predicted octanol–water partition coefficient (Wildman–Crippen LogP) is 5.78. The number of amides is 2. The van der Waals surface area contributed by atoms with Gasteiger partial charge < -0.3 is 29.7 Å². The first-order valence-electron chi connectivity index (χ1n) is 21.6. The van der Waals surface area contributed by atoms with E-state index in [-0.39, 0.29) is 29.2 Å². The van der Waals surface area contributed by atoms with Crippen molar-refractivity contribution in [1.29, 1.82) is 0 Å². The molecule has 7 heterocycles. The number of hydrogen-bond acceptors (Lipinski definition) is 12. The minimum absolute atomic E-state index is 0.106. The normalized spacial score (nSPS) is 22.8. The van der Waals surface area contributed by atoms with Crippen molar-refractivity contribution in [1.82, 2.24) is 34.5 Å². The van der Waals surface area contributed by atoms with E-state index in [1.165, 1.54) is 4.57 Å². The molecule has 2 aromatic carbocycles. The Morgan fingerprint density at radius 1 is 0.919 bits per heavy atom. The predicted molar refractivity (Wildman–Crippen MR) is 234 cm³/mol. The van der Waals surface area contributed by atoms with E-state index in [0.717, 1.165) is 74.4 Å². The van der Waals surface area contributed by atoms with Gasteiger partial charge in [-0.15, -0.1) is 0 Å². The van der Waals surface area contributed by atoms with Crippen LogP contribution in [-0.2, 0) is 23.7 Å². The zero-order chi connectivity index (χ0) is 43.0. The third-order valence-electron chi connectivity index (χ3n) is 13.8. The van der Waals surface area contributed by atoms with Gasteiger partial charge in [-0.3, -0.25) is 29.3 Å². The van der Waals surface area contributed by atoms with Gasteiger partial charge in [-0.2, -0.15) is 10.1 Å². The SMILES string of the molecule is C[C@@H](C1CCN(c2ncc(Cl)c(Nc3ccc4c(c3)c3c(c(=O)n4C)OCC(F)(F)C(C4CC4)N3)n2)CC1)N1CCN(c2ccc3c(C4CCC(=O)NC4=O)nn(C)c3c2)CC1. The summed E-state index contributed by atoms with van der Waals surface area (Å²) in [5.74, 6) is -2.84. The third-order valence-corrected chi connectivity index (χ3v) is 14.1. The van der Waals surface area contributed by atoms with Crippen LogP contribution in [0.5, 0.6) is 5.75 Å². The highest BCUT2D eigenvalue weighted by Crippen LogP contribution is 2.46. The molecule has 5 aromatic rings. The maximum atomic E-state index is 15.2. The third kappa shape index (κ3) is 7.35. The number of ether oxygens (including phenoxy) is 1. The van der Waals surface area contributed by atoms with Gasteiger partial charge in [-0.05, 0) is 87.3 Å². The summed E-state index contributed by atoms with van der Waals surface area (Å²) in [6.45, 7) is 6.80. The molecule has 15 nitrogen and oxygen atoms in total. The molecule has 3 saturated heterocycles. The number of aryl methyl sites for hydroxylation is 2. The van der Waals surface area contributed by atoms with E-state index >= 15 is 8.78 Å². The number of piperazine rings is 1. The molecule has 5 aliphatic rings. The number of anilines is 5. The fourth-order valence-electron chi connectivity index (χ4n) is 9.97. The van der Waals surface area contributed by atoms with Crippen LogP contribution in [0.15, 0.2) is 47.4 Å². The van der Waals surface area contributed by atoms with Crippen molar-refractivity contribution >= 4 is 74.0 Å². The summed E-state index contributed by atoms with van der Waals surface area (Å²) >= 11 is 6.65. The first-order chi connectivity index (χ1) is 29.8. The van der Waals surface area contributed by atoms with Gasteiger partial charge >= 0.3 is 5.92 Å². The lowest BCUT2D eigenvalue weighted by molar-refractivity contribution is -0.134. The molecule has 0 spiro atoms. The molecule has 4 fully saturated rings. The van der Waals surface area contributed by atoms with Crippen LogP contribution in [0.25, 0.3) is 21.8 Å². The summed E-state index contributed by atoms with van der Waals surface area (Å²) < 4.78 is 39.1. The number of hydrogen-bond donors (Lipinski definition) is 3. The molecule has 2 amide bonds. The summed E-state index contributed by atoms with van der Waals surface area (Å²) in [6.07, 6.45) is 5.78. The zero-order valence-electron chi connectivity index (χ0n) is 35.0. The zero-order valence-corrected chi connectivity index (χ0v) is 35.7. The summed E-state index contributed by atoms with van der Waals surface area (Å²) in [5.41, 5.74) is 3.84. The number of piperidine rings is 2. The Morgan fingerprint density at radius 3 is 2.44 bits per heavy atom. The summed E-state index contributed by atoms with van der Waals surface area (Å²) in [4.78, 5) is 54.3. The Hall–Kier alpha value is -5.55. The number of pyridine rings is 1. The van der Waals surface area contributed by atoms with Gasteiger partial charge in [0.1, 0.15) is 5.02 Å². The molecule has 10 rings (SSSR count). The van der Waals surface area contributed by atoms with Crippen LogP contribution in [-0.4, -0.2) is 105 Å². The van der Waals surface area contributed by atoms with Crippen molar-refractivity contribution < 1.29 is 23.1 Å². The Bertz CT molecular complexity index is 2650. The smallest absolute Gasteiger partial charge is 0.301 e. The average Bonchev–Trinajstić information content (AvgIpc) is 4.08. The van der Waals surface area contributed by atoms with Crippen molar-refractivity contribution in [3.05, 3.63) is 63.7 Å². The van der Waals surface area contributed by atoms with E-state index in [2.05, 4.69) is 60.8 Å². The van der Waals surface area contributed by atoms with Crippen LogP contribution in [0.4, 0.5) is 37.6 Å². The molecule has 62 heavy (non-hydrogen) atoms. The van der Waals surface area contributed by atoms with E-state index in [1.807, 2.05) is 23.9 Å². The summed E-state index contributed by atoms with van der Waals surface area (Å²) in [5, 5.41) is 15.4. The van der Waals surface area contributed by atoms with Crippen molar-refractivity contribution in [2.24, 2.45) is 25.9 Å². The number of carbonyl (C=O) groups excluding carboxylic acids is 2. The number of alkyl halides is 2. The second kappa shape index (κ2) is 15.7. The van der Waals surface area contributed by atoms with Gasteiger partial charge in [0.25, 0.3) is 5.56 Å². The van der Waals surface area contributed by atoms with Crippen molar-refractivity contribution in [3.8, 4) is 5.75 Å². The Kier molecular flexibility index (Phi) is 10.2. The van der Waals surface area contributed by atoms with E-state index in [1.54, 1.807) is 19.3 Å². The number of halogens is 3. The second-order valence-corrected chi connectivity index (χ2v) is 18.0. The molecule has 0 radical (unpaired) electrons. The van der Waals surface area contributed by atoms with E-state index < -0.39 is 30.0 Å². The standard InChI is InChI=1S/C44H50ClF2N11O4/c1-24(56-16-18-57(19-17-56)28-7-8-29-34(21-28)55(3)53-36(29)30-9-11-35(59)50-41(30)60)25-12-14-58(15-13-25)43-48-22-32(45)40(52-43)49-27-6-10-33-31(20-27)37-38(42(61)54(33)2)62-23-44(46,47)39(51-37)26-4-5-26/h6-8,10,20-22,24-26,30,39,51H,4-5,9,11-19,23H2,1-3H3,(H,48,49,52)(H,50,59,60)/t24-,30?,39?/m0/s1. The highest BCUT2D eigenvalue weighted by Gasteiger charge is 2.51. The molecule has 3 N–H and O–H groups in total. The number of nitrogens with zero attached hydrogens (tertiary/aromatic N) is 8. The van der Waals surface area contributed by atoms with Gasteiger partial charge in [-0.1, -0.05) is 11.6 Å². The van der Waals surface area contributed by atoms with E-state index in [0.29, 0.717) is 71.0 Å². The molecule has 1 aliphatic carbocycles. The van der Waals surface area contributed by atoms with E-state index in [4.69, 9.17) is 26.4 Å². The van der Waals surface area contributed by atoms with Crippen molar-refractivity contribution in [2.75, 3.05) is 66.3 Å². The molecule has 18 heteroatoms. The molecular weight excluding hydrogens is 820 g/mol. The first-order valence-corrected chi connectivity index (χ1v) is 22.0. The lowest BCUT2D eigenvalue weighted by atomic mass is 9.89. The highest BCUT2D eigenvalue weighted by molar-refractivity contribution is 6.33. The molecule has 1 saturated carbocycles. The molecule has 4 aliphatic heterocycles. The van der Waals surface area contributed by atoms with E-state index in [9.17, 15) is 14.4 Å². The molecule has 0 bridgehead atoms. The number of nitrogens with one attached hydrogen (secondary N) is 3. The topological polar surface area (TPSA) is 155 Å². The number of aromatic nitrogens is 5. The fourth-order valence-corrected chi connectivity index (χ4v) is 10.1. The average molecular weight is 870 g/mol. The minimum atomic E-state index is -3.13. The molecule has 3 aromatic heterocycles. The van der Waals surface area contributed by atoms with Crippen LogP contribution >= 0.6 is 11.6 Å². The van der Waals surface area contributed by atoms with Gasteiger partial charge in [0.05, 0.1) is 40.6 Å². The van der Waals surface area contributed by atoms with Crippen LogP contribution in [0, 0.1) is 11.8 Å².